The molecule has 15 heavy (non-hydrogen) atoms. The van der Waals surface area contributed by atoms with E-state index in [2.05, 4.69) is 21.3 Å². The second-order valence-corrected chi connectivity index (χ2v) is 5.68. The first-order valence-electron chi connectivity index (χ1n) is 4.76. The summed E-state index contributed by atoms with van der Waals surface area (Å²) in [6.45, 7) is 6.11. The van der Waals surface area contributed by atoms with Crippen LogP contribution in [0.15, 0.2) is 16.5 Å². The minimum absolute atomic E-state index is 0.190. The van der Waals surface area contributed by atoms with Crippen molar-refractivity contribution in [1.29, 1.82) is 0 Å². The Morgan fingerprint density at radius 3 is 2.93 bits per heavy atom. The van der Waals surface area contributed by atoms with Crippen molar-refractivity contribution < 1.29 is 4.84 Å². The number of aromatic nitrogens is 1. The van der Waals surface area contributed by atoms with E-state index in [0.717, 1.165) is 16.5 Å². The van der Waals surface area contributed by atoms with Crippen LogP contribution in [0, 0.1) is 6.92 Å². The maximum atomic E-state index is 5.38. The third-order valence-electron chi connectivity index (χ3n) is 2.13. The third kappa shape index (κ3) is 2.74. The molecular formula is C10H14N2OS2. The normalized spacial score (nSPS) is 18.7. The van der Waals surface area contributed by atoms with Crippen LogP contribution in [0.2, 0.25) is 0 Å². The summed E-state index contributed by atoms with van der Waals surface area (Å²) in [5.41, 5.74) is 5.18. The molecule has 3 nitrogen and oxygen atoms in total. The zero-order valence-electron chi connectivity index (χ0n) is 9.03. The molecule has 0 saturated carbocycles. The van der Waals surface area contributed by atoms with Crippen molar-refractivity contribution in [3.8, 4) is 0 Å². The minimum Gasteiger partial charge on any atom is -0.265 e. The number of thioether (sulfide) groups is 1. The molecule has 2 heterocycles. The fourth-order valence-corrected chi connectivity index (χ4v) is 3.12. The second kappa shape index (κ2) is 4.15. The lowest BCUT2D eigenvalue weighted by Crippen LogP contribution is -2.20. The molecule has 0 spiro atoms. The van der Waals surface area contributed by atoms with Crippen LogP contribution in [-0.2, 0) is 10.6 Å². The SMILES string of the molecule is Cc1nscc1CSC1=CC(C)(C)ON1. The summed E-state index contributed by atoms with van der Waals surface area (Å²) in [4.78, 5) is 5.38. The summed E-state index contributed by atoms with van der Waals surface area (Å²) >= 11 is 3.26. The Labute approximate surface area is 98.0 Å². The predicted molar refractivity (Wildman–Crippen MR) is 64.5 cm³/mol. The van der Waals surface area contributed by atoms with Crippen molar-refractivity contribution in [2.24, 2.45) is 0 Å². The predicted octanol–water partition coefficient (Wildman–Crippen LogP) is 2.84. The van der Waals surface area contributed by atoms with Gasteiger partial charge in [-0.25, -0.2) is 0 Å². The topological polar surface area (TPSA) is 34.1 Å². The van der Waals surface area contributed by atoms with Crippen LogP contribution < -0.4 is 5.48 Å². The van der Waals surface area contributed by atoms with Crippen molar-refractivity contribution in [1.82, 2.24) is 9.85 Å². The van der Waals surface area contributed by atoms with E-state index in [4.69, 9.17) is 4.84 Å². The van der Waals surface area contributed by atoms with Crippen molar-refractivity contribution >= 4 is 23.3 Å². The molecule has 1 N–H and O–H groups in total. The second-order valence-electron chi connectivity index (χ2n) is 4.03. The van der Waals surface area contributed by atoms with Crippen molar-refractivity contribution in [2.45, 2.75) is 32.1 Å². The first-order chi connectivity index (χ1) is 7.07. The van der Waals surface area contributed by atoms with Crippen LogP contribution in [0.1, 0.15) is 25.1 Å². The molecule has 1 aliphatic heterocycles. The maximum Gasteiger partial charge on any atom is 0.111 e. The van der Waals surface area contributed by atoms with Gasteiger partial charge in [0.25, 0.3) is 0 Å². The van der Waals surface area contributed by atoms with Gasteiger partial charge in [0.05, 0.1) is 10.7 Å². The molecular weight excluding hydrogens is 228 g/mol. The first kappa shape index (κ1) is 11.0. The van der Waals surface area contributed by atoms with Crippen LogP contribution in [0.3, 0.4) is 0 Å². The van der Waals surface area contributed by atoms with E-state index in [1.165, 1.54) is 17.1 Å². The van der Waals surface area contributed by atoms with E-state index < -0.39 is 0 Å². The number of hydrogen-bond donors (Lipinski definition) is 1. The van der Waals surface area contributed by atoms with E-state index in [1.807, 2.05) is 20.8 Å². The van der Waals surface area contributed by atoms with Gasteiger partial charge >= 0.3 is 0 Å². The van der Waals surface area contributed by atoms with Gasteiger partial charge in [-0.1, -0.05) is 0 Å². The highest BCUT2D eigenvalue weighted by atomic mass is 32.2. The van der Waals surface area contributed by atoms with Crippen LogP contribution in [0.25, 0.3) is 0 Å². The quantitative estimate of drug-likeness (QED) is 0.884. The van der Waals surface area contributed by atoms with Gasteiger partial charge in [-0.15, -0.1) is 11.8 Å². The van der Waals surface area contributed by atoms with Gasteiger partial charge in [0.2, 0.25) is 0 Å². The third-order valence-corrected chi connectivity index (χ3v) is 3.86. The number of hydrogen-bond acceptors (Lipinski definition) is 5. The standard InChI is InChI=1S/C10H14N2OS2/c1-7-8(6-15-12-7)5-14-9-4-10(2,3)13-11-9/h4,6,11H,5H2,1-3H3. The van der Waals surface area contributed by atoms with Crippen molar-refractivity contribution in [2.75, 3.05) is 0 Å². The maximum absolute atomic E-state index is 5.38. The molecule has 0 fully saturated rings. The summed E-state index contributed by atoms with van der Waals surface area (Å²) in [6.07, 6.45) is 2.10. The highest BCUT2D eigenvalue weighted by Gasteiger charge is 2.24. The van der Waals surface area contributed by atoms with E-state index in [9.17, 15) is 0 Å². The average molecular weight is 242 g/mol. The van der Waals surface area contributed by atoms with Gasteiger partial charge in [0.15, 0.2) is 0 Å². The van der Waals surface area contributed by atoms with Crippen molar-refractivity contribution in [3.63, 3.8) is 0 Å². The number of nitrogens with one attached hydrogen (secondary N) is 1. The van der Waals surface area contributed by atoms with Gasteiger partial charge in [-0.3, -0.25) is 10.3 Å². The van der Waals surface area contributed by atoms with Gasteiger partial charge < -0.3 is 0 Å². The first-order valence-corrected chi connectivity index (χ1v) is 6.58. The van der Waals surface area contributed by atoms with Crippen molar-refractivity contribution in [3.05, 3.63) is 27.7 Å². The number of hydroxylamine groups is 1. The van der Waals surface area contributed by atoms with Crippen LogP contribution in [0.4, 0.5) is 0 Å². The Morgan fingerprint density at radius 1 is 1.60 bits per heavy atom. The zero-order chi connectivity index (χ0) is 10.9. The molecule has 82 valence electrons. The number of nitrogens with zero attached hydrogens (tertiary/aromatic N) is 1. The molecule has 1 aromatic rings. The zero-order valence-corrected chi connectivity index (χ0v) is 10.7. The molecule has 1 aliphatic rings. The fraction of sp³-hybridized carbons (Fsp3) is 0.500. The summed E-state index contributed by atoms with van der Waals surface area (Å²) in [6, 6.07) is 0. The Hall–Kier alpha value is -0.520. The van der Waals surface area contributed by atoms with Crippen LogP contribution in [-0.4, -0.2) is 9.97 Å². The number of rotatable bonds is 3. The Bertz CT molecular complexity index is 385. The summed E-state index contributed by atoms with van der Waals surface area (Å²) in [7, 11) is 0. The molecule has 0 saturated heterocycles. The Balaban J connectivity index is 1.93. The van der Waals surface area contributed by atoms with Gasteiger partial charge in [0.1, 0.15) is 5.60 Å². The van der Waals surface area contributed by atoms with Gasteiger partial charge in [-0.2, -0.15) is 4.37 Å². The van der Waals surface area contributed by atoms with Gasteiger partial charge in [-0.05, 0) is 43.9 Å². The summed E-state index contributed by atoms with van der Waals surface area (Å²) in [5.74, 6) is 0.945. The Morgan fingerprint density at radius 2 is 2.40 bits per heavy atom. The highest BCUT2D eigenvalue weighted by Crippen LogP contribution is 2.29. The molecule has 0 bridgehead atoms. The molecule has 0 aromatic carbocycles. The molecule has 5 heteroatoms. The lowest BCUT2D eigenvalue weighted by Gasteiger charge is -2.11. The lowest BCUT2D eigenvalue weighted by molar-refractivity contribution is -0.0126. The van der Waals surface area contributed by atoms with E-state index >= 15 is 0 Å². The molecule has 2 rings (SSSR count). The van der Waals surface area contributed by atoms with Crippen LogP contribution in [0.5, 0.6) is 0 Å². The van der Waals surface area contributed by atoms with Crippen LogP contribution >= 0.6 is 23.3 Å². The van der Waals surface area contributed by atoms with Gasteiger partial charge in [0, 0.05) is 11.1 Å². The van der Waals surface area contributed by atoms with E-state index in [0.29, 0.717) is 0 Å². The fourth-order valence-electron chi connectivity index (χ4n) is 1.23. The minimum atomic E-state index is -0.190. The largest absolute Gasteiger partial charge is 0.265 e. The Kier molecular flexibility index (Phi) is 3.04. The summed E-state index contributed by atoms with van der Waals surface area (Å²) in [5, 5.41) is 3.19. The molecule has 1 aromatic heterocycles. The molecule has 0 atom stereocenters. The van der Waals surface area contributed by atoms with E-state index in [1.54, 1.807) is 11.8 Å². The molecule has 0 aliphatic carbocycles. The average Bonchev–Trinajstić information content (AvgIpc) is 2.69. The molecule has 0 radical (unpaired) electrons. The van der Waals surface area contributed by atoms with E-state index in [-0.39, 0.29) is 5.60 Å². The monoisotopic (exact) mass is 242 g/mol. The molecule has 0 unspecified atom stereocenters. The molecule has 0 amide bonds. The lowest BCUT2D eigenvalue weighted by atomic mass is 10.1. The summed E-state index contributed by atoms with van der Waals surface area (Å²) < 4.78 is 4.25. The number of aryl methyl sites for hydroxylation is 1. The smallest absolute Gasteiger partial charge is 0.111 e. The highest BCUT2D eigenvalue weighted by molar-refractivity contribution is 8.02.